The van der Waals surface area contributed by atoms with E-state index < -0.39 is 18.0 Å². The number of aliphatic hydroxyl groups excluding tert-OH is 1. The molecule has 1 saturated heterocycles. The highest BCUT2D eigenvalue weighted by atomic mass is 19.1. The lowest BCUT2D eigenvalue weighted by atomic mass is 9.99. The Morgan fingerprint density at radius 2 is 2.10 bits per heavy atom. The largest absolute Gasteiger partial charge is 0.396 e. The molecule has 1 amide bonds. The number of hydrogen-bond acceptors (Lipinski definition) is 7. The second-order valence-electron chi connectivity index (χ2n) is 8.33. The molecular formula is C21H27FN6O3. The van der Waals surface area contributed by atoms with Gasteiger partial charge in [-0.3, -0.25) is 14.3 Å². The minimum absolute atomic E-state index is 0.0206. The third-order valence-corrected chi connectivity index (χ3v) is 6.33. The molecule has 31 heavy (non-hydrogen) atoms. The molecule has 1 aliphatic heterocycles. The number of rotatable bonds is 7. The van der Waals surface area contributed by atoms with Gasteiger partial charge in [0, 0.05) is 32.1 Å². The van der Waals surface area contributed by atoms with E-state index in [9.17, 15) is 19.1 Å². The number of likely N-dealkylation sites (tertiary alicyclic amines) is 1. The van der Waals surface area contributed by atoms with Crippen molar-refractivity contribution in [2.75, 3.05) is 25.0 Å². The number of aliphatic hydroxyl groups is 1. The monoisotopic (exact) mass is 430 g/mol. The number of nitrogens with one attached hydrogen (secondary N) is 1. The normalized spacial score (nSPS) is 25.7. The molecule has 9 nitrogen and oxygen atoms in total. The van der Waals surface area contributed by atoms with Gasteiger partial charge >= 0.3 is 0 Å². The van der Waals surface area contributed by atoms with Crippen LogP contribution in [0.3, 0.4) is 0 Å². The second kappa shape index (κ2) is 9.09. The topological polar surface area (TPSA) is 113 Å². The van der Waals surface area contributed by atoms with E-state index >= 15 is 0 Å². The number of halogens is 1. The molecule has 0 spiro atoms. The molecule has 10 heteroatoms. The molecule has 1 aliphatic carbocycles. The van der Waals surface area contributed by atoms with Crippen molar-refractivity contribution in [3.63, 3.8) is 0 Å². The fourth-order valence-electron chi connectivity index (χ4n) is 4.38. The summed E-state index contributed by atoms with van der Waals surface area (Å²) in [5.74, 6) is -0.616. The van der Waals surface area contributed by atoms with Gasteiger partial charge in [-0.2, -0.15) is 5.10 Å². The summed E-state index contributed by atoms with van der Waals surface area (Å²) >= 11 is 0. The van der Waals surface area contributed by atoms with Crippen LogP contribution < -0.4 is 5.32 Å². The van der Waals surface area contributed by atoms with E-state index in [-0.39, 0.29) is 48.0 Å². The molecule has 0 aromatic carbocycles. The smallest absolute Gasteiger partial charge is 0.244 e. The van der Waals surface area contributed by atoms with Crippen molar-refractivity contribution in [2.45, 2.75) is 44.9 Å². The highest BCUT2D eigenvalue weighted by molar-refractivity contribution is 6.10. The molecule has 3 heterocycles. The molecule has 166 valence electrons. The van der Waals surface area contributed by atoms with Gasteiger partial charge in [-0.05, 0) is 37.2 Å². The van der Waals surface area contributed by atoms with Crippen molar-refractivity contribution in [3.05, 3.63) is 36.0 Å². The molecule has 2 fully saturated rings. The Kier molecular flexibility index (Phi) is 6.26. The van der Waals surface area contributed by atoms with Crippen LogP contribution in [-0.4, -0.2) is 73.4 Å². The standard InChI is InChI=1S/C21H27FN6O3/c1-13-14(11-29)8-17(19(13)22)25-21-15(9-23-12-24-21)20(31)16-4-7-28(26-16)10-18(30)27-5-2-3-6-27/h4,7,9,12-14,17,19,29H,2-3,5-6,8,10-11H2,1H3,(H,23,24,25)/t13-,14-,17-,19+/m1/s1. The van der Waals surface area contributed by atoms with Gasteiger partial charge in [0.2, 0.25) is 11.7 Å². The zero-order valence-corrected chi connectivity index (χ0v) is 17.4. The number of hydrogen-bond donors (Lipinski definition) is 2. The Morgan fingerprint density at radius 1 is 1.32 bits per heavy atom. The summed E-state index contributed by atoms with van der Waals surface area (Å²) in [4.78, 5) is 35.2. The number of carbonyl (C=O) groups excluding carboxylic acids is 2. The van der Waals surface area contributed by atoms with Crippen LogP contribution >= 0.6 is 0 Å². The zero-order chi connectivity index (χ0) is 22.0. The maximum atomic E-state index is 14.7. The van der Waals surface area contributed by atoms with Crippen LogP contribution in [-0.2, 0) is 11.3 Å². The van der Waals surface area contributed by atoms with Gasteiger partial charge in [0.1, 0.15) is 30.6 Å². The fraction of sp³-hybridized carbons (Fsp3) is 0.571. The number of amides is 1. The summed E-state index contributed by atoms with van der Waals surface area (Å²) in [6.07, 6.45) is 5.58. The summed E-state index contributed by atoms with van der Waals surface area (Å²) in [6, 6.07) is 0.998. The summed E-state index contributed by atoms with van der Waals surface area (Å²) in [5, 5.41) is 16.7. The minimum Gasteiger partial charge on any atom is -0.396 e. The first kappa shape index (κ1) is 21.4. The highest BCUT2D eigenvalue weighted by Crippen LogP contribution is 2.36. The minimum atomic E-state index is -1.16. The third kappa shape index (κ3) is 4.43. The SMILES string of the molecule is C[C@@H]1[C@@H](CO)C[C@@H](Nc2ncncc2C(=O)c2ccn(CC(=O)N3CCCC3)n2)[C@H]1F. The fourth-order valence-corrected chi connectivity index (χ4v) is 4.38. The van der Waals surface area contributed by atoms with E-state index in [0.717, 1.165) is 25.9 Å². The molecule has 2 aliphatic rings. The lowest BCUT2D eigenvalue weighted by Gasteiger charge is -2.18. The predicted molar refractivity (Wildman–Crippen MR) is 110 cm³/mol. The molecule has 2 aromatic heterocycles. The van der Waals surface area contributed by atoms with Crippen molar-refractivity contribution in [3.8, 4) is 0 Å². The molecule has 2 aromatic rings. The van der Waals surface area contributed by atoms with Crippen LogP contribution in [0.1, 0.15) is 42.2 Å². The summed E-state index contributed by atoms with van der Waals surface area (Å²) in [6.45, 7) is 3.29. The molecule has 4 rings (SSSR count). The molecule has 0 radical (unpaired) electrons. The van der Waals surface area contributed by atoms with Gasteiger partial charge in [-0.1, -0.05) is 6.92 Å². The van der Waals surface area contributed by atoms with Crippen molar-refractivity contribution < 1.29 is 19.1 Å². The maximum Gasteiger partial charge on any atom is 0.244 e. The quantitative estimate of drug-likeness (QED) is 0.637. The van der Waals surface area contributed by atoms with E-state index in [1.807, 2.05) is 0 Å². The van der Waals surface area contributed by atoms with Crippen molar-refractivity contribution >= 4 is 17.5 Å². The first-order valence-corrected chi connectivity index (χ1v) is 10.7. The van der Waals surface area contributed by atoms with Crippen LogP contribution in [0.5, 0.6) is 0 Å². The summed E-state index contributed by atoms with van der Waals surface area (Å²) in [5.41, 5.74) is 0.350. The lowest BCUT2D eigenvalue weighted by Crippen LogP contribution is -2.31. The van der Waals surface area contributed by atoms with Gasteiger partial charge in [0.05, 0.1) is 11.6 Å². The van der Waals surface area contributed by atoms with Crippen LogP contribution in [0.15, 0.2) is 24.8 Å². The zero-order valence-electron chi connectivity index (χ0n) is 17.4. The van der Waals surface area contributed by atoms with Gasteiger partial charge in [-0.15, -0.1) is 0 Å². The van der Waals surface area contributed by atoms with E-state index in [1.165, 1.54) is 17.2 Å². The van der Waals surface area contributed by atoms with Crippen LogP contribution in [0, 0.1) is 11.8 Å². The van der Waals surface area contributed by atoms with Gasteiger partial charge in [-0.25, -0.2) is 14.4 Å². The Hall–Kier alpha value is -2.88. The Labute approximate surface area is 179 Å². The van der Waals surface area contributed by atoms with E-state index in [2.05, 4.69) is 20.4 Å². The lowest BCUT2D eigenvalue weighted by molar-refractivity contribution is -0.130. The maximum absolute atomic E-state index is 14.7. The molecule has 2 N–H and O–H groups in total. The number of anilines is 1. The summed E-state index contributed by atoms with van der Waals surface area (Å²) in [7, 11) is 0. The van der Waals surface area contributed by atoms with E-state index in [0.29, 0.717) is 6.42 Å². The van der Waals surface area contributed by atoms with Crippen molar-refractivity contribution in [1.82, 2.24) is 24.6 Å². The molecule has 4 atom stereocenters. The van der Waals surface area contributed by atoms with Crippen LogP contribution in [0.4, 0.5) is 10.2 Å². The average molecular weight is 430 g/mol. The first-order chi connectivity index (χ1) is 15.0. The molecule has 0 unspecified atom stereocenters. The van der Waals surface area contributed by atoms with Crippen LogP contribution in [0.2, 0.25) is 0 Å². The van der Waals surface area contributed by atoms with Crippen molar-refractivity contribution in [1.29, 1.82) is 0 Å². The Balaban J connectivity index is 1.47. The number of aromatic nitrogens is 4. The summed E-state index contributed by atoms with van der Waals surface area (Å²) < 4.78 is 16.1. The predicted octanol–water partition coefficient (Wildman–Crippen LogP) is 1.29. The van der Waals surface area contributed by atoms with E-state index in [1.54, 1.807) is 24.1 Å². The molecule has 0 bridgehead atoms. The number of nitrogens with zero attached hydrogens (tertiary/aromatic N) is 5. The van der Waals surface area contributed by atoms with Gasteiger partial charge in [0.15, 0.2) is 0 Å². The Morgan fingerprint density at radius 3 is 2.81 bits per heavy atom. The average Bonchev–Trinajstić information content (AvgIpc) is 3.52. The Bertz CT molecular complexity index is 945. The highest BCUT2D eigenvalue weighted by Gasteiger charge is 2.41. The number of carbonyl (C=O) groups is 2. The third-order valence-electron chi connectivity index (χ3n) is 6.33. The second-order valence-corrected chi connectivity index (χ2v) is 8.33. The van der Waals surface area contributed by atoms with E-state index in [4.69, 9.17) is 0 Å². The van der Waals surface area contributed by atoms with Gasteiger partial charge < -0.3 is 15.3 Å². The number of alkyl halides is 1. The van der Waals surface area contributed by atoms with Gasteiger partial charge in [0.25, 0.3) is 0 Å². The molecule has 1 saturated carbocycles. The number of ketones is 1. The first-order valence-electron chi connectivity index (χ1n) is 10.7. The van der Waals surface area contributed by atoms with Crippen molar-refractivity contribution in [2.24, 2.45) is 11.8 Å². The molecular weight excluding hydrogens is 403 g/mol. The van der Waals surface area contributed by atoms with Crippen LogP contribution in [0.25, 0.3) is 0 Å².